The third-order valence-corrected chi connectivity index (χ3v) is 3.97. The topological polar surface area (TPSA) is 35.5 Å². The first-order chi connectivity index (χ1) is 8.12. The number of rotatable bonds is 8. The highest BCUT2D eigenvalue weighted by molar-refractivity contribution is 4.89. The molecule has 3 heteroatoms. The van der Waals surface area contributed by atoms with Crippen LogP contribution in [0.1, 0.15) is 46.5 Å². The van der Waals surface area contributed by atoms with E-state index in [1.54, 1.807) is 0 Å². The van der Waals surface area contributed by atoms with Gasteiger partial charge in [-0.05, 0) is 24.8 Å². The molecule has 0 heterocycles. The molecule has 0 aromatic heterocycles. The van der Waals surface area contributed by atoms with E-state index in [0.29, 0.717) is 11.5 Å². The second-order valence-electron chi connectivity index (χ2n) is 5.84. The van der Waals surface area contributed by atoms with Gasteiger partial charge in [-0.1, -0.05) is 33.6 Å². The molecule has 3 nitrogen and oxygen atoms in total. The molecule has 0 amide bonds. The normalized spacial score (nSPS) is 19.4. The number of likely N-dealkylation sites (N-methyl/N-ethyl adjacent to an activating group) is 1. The fourth-order valence-electron chi connectivity index (χ4n) is 2.90. The fraction of sp³-hybridized carbons (Fsp3) is 1.00. The van der Waals surface area contributed by atoms with E-state index in [4.69, 9.17) is 5.11 Å². The maximum Gasteiger partial charge on any atom is 0.0558 e. The Morgan fingerprint density at radius 1 is 1.29 bits per heavy atom. The van der Waals surface area contributed by atoms with Gasteiger partial charge >= 0.3 is 0 Å². The number of aliphatic hydroxyl groups excluding tert-OH is 1. The quantitative estimate of drug-likeness (QED) is 0.682. The zero-order chi connectivity index (χ0) is 12.7. The van der Waals surface area contributed by atoms with Crippen molar-refractivity contribution in [2.45, 2.75) is 52.5 Å². The van der Waals surface area contributed by atoms with Gasteiger partial charge in [-0.25, -0.2) is 0 Å². The average molecular weight is 242 g/mol. The van der Waals surface area contributed by atoms with Crippen molar-refractivity contribution >= 4 is 0 Å². The van der Waals surface area contributed by atoms with E-state index in [1.807, 2.05) is 0 Å². The molecular weight excluding hydrogens is 212 g/mol. The maximum absolute atomic E-state index is 9.09. The third kappa shape index (κ3) is 4.94. The largest absolute Gasteiger partial charge is 0.395 e. The molecule has 0 aliphatic heterocycles. The number of nitrogens with zero attached hydrogens (tertiary/aromatic N) is 1. The summed E-state index contributed by atoms with van der Waals surface area (Å²) in [6.45, 7) is 11.0. The van der Waals surface area contributed by atoms with Gasteiger partial charge in [-0.2, -0.15) is 0 Å². The lowest BCUT2D eigenvalue weighted by atomic mass is 9.85. The second kappa shape index (κ2) is 7.34. The van der Waals surface area contributed by atoms with Crippen LogP contribution in [0, 0.1) is 5.41 Å². The van der Waals surface area contributed by atoms with Crippen LogP contribution in [0.2, 0.25) is 0 Å². The van der Waals surface area contributed by atoms with Crippen LogP contribution in [0.3, 0.4) is 0 Å². The minimum atomic E-state index is 0.279. The highest BCUT2D eigenvalue weighted by Gasteiger charge is 2.34. The van der Waals surface area contributed by atoms with E-state index in [9.17, 15) is 0 Å². The lowest BCUT2D eigenvalue weighted by Crippen LogP contribution is -2.44. The SMILES string of the molecule is CCN(CCO)CC1(CNC(C)C)CCCC1. The van der Waals surface area contributed by atoms with Crippen LogP contribution in [-0.4, -0.2) is 48.8 Å². The molecule has 1 rings (SSSR count). The molecule has 2 N–H and O–H groups in total. The van der Waals surface area contributed by atoms with Crippen LogP contribution < -0.4 is 5.32 Å². The average Bonchev–Trinajstić information content (AvgIpc) is 2.75. The van der Waals surface area contributed by atoms with Crippen LogP contribution in [0.15, 0.2) is 0 Å². The Balaban J connectivity index is 2.51. The minimum Gasteiger partial charge on any atom is -0.395 e. The second-order valence-corrected chi connectivity index (χ2v) is 5.84. The Labute approximate surface area is 107 Å². The first-order valence-electron chi connectivity index (χ1n) is 7.18. The zero-order valence-corrected chi connectivity index (χ0v) is 11.8. The van der Waals surface area contributed by atoms with Gasteiger partial charge in [0.25, 0.3) is 0 Å². The van der Waals surface area contributed by atoms with Crippen molar-refractivity contribution in [2.24, 2.45) is 5.41 Å². The summed E-state index contributed by atoms with van der Waals surface area (Å²) in [6, 6.07) is 0.570. The van der Waals surface area contributed by atoms with Gasteiger partial charge in [0.2, 0.25) is 0 Å². The van der Waals surface area contributed by atoms with E-state index >= 15 is 0 Å². The van der Waals surface area contributed by atoms with Gasteiger partial charge in [0.15, 0.2) is 0 Å². The molecule has 0 spiro atoms. The van der Waals surface area contributed by atoms with Gasteiger partial charge in [0.1, 0.15) is 0 Å². The number of nitrogens with one attached hydrogen (secondary N) is 1. The minimum absolute atomic E-state index is 0.279. The van der Waals surface area contributed by atoms with Crippen molar-refractivity contribution in [1.29, 1.82) is 0 Å². The van der Waals surface area contributed by atoms with E-state index in [0.717, 1.165) is 26.2 Å². The van der Waals surface area contributed by atoms with E-state index in [-0.39, 0.29) is 6.61 Å². The van der Waals surface area contributed by atoms with Crippen molar-refractivity contribution in [3.05, 3.63) is 0 Å². The summed E-state index contributed by atoms with van der Waals surface area (Å²) in [7, 11) is 0. The Kier molecular flexibility index (Phi) is 6.45. The summed E-state index contributed by atoms with van der Waals surface area (Å²) in [5, 5.41) is 12.7. The Bertz CT molecular complexity index is 200. The molecule has 0 aromatic carbocycles. The highest BCUT2D eigenvalue weighted by atomic mass is 16.3. The molecule has 1 aliphatic rings. The molecule has 0 bridgehead atoms. The molecule has 1 aliphatic carbocycles. The predicted molar refractivity (Wildman–Crippen MR) is 73.2 cm³/mol. The molecule has 0 unspecified atom stereocenters. The maximum atomic E-state index is 9.09. The summed E-state index contributed by atoms with van der Waals surface area (Å²) < 4.78 is 0. The van der Waals surface area contributed by atoms with Crippen LogP contribution in [0.4, 0.5) is 0 Å². The van der Waals surface area contributed by atoms with Crippen LogP contribution >= 0.6 is 0 Å². The molecule has 0 saturated heterocycles. The predicted octanol–water partition coefficient (Wildman–Crippen LogP) is 1.86. The summed E-state index contributed by atoms with van der Waals surface area (Å²) >= 11 is 0. The van der Waals surface area contributed by atoms with Gasteiger partial charge in [-0.3, -0.25) is 0 Å². The van der Waals surface area contributed by atoms with Gasteiger partial charge in [0, 0.05) is 25.7 Å². The lowest BCUT2D eigenvalue weighted by molar-refractivity contribution is 0.127. The van der Waals surface area contributed by atoms with Crippen molar-refractivity contribution in [1.82, 2.24) is 10.2 Å². The molecule has 102 valence electrons. The molecule has 0 atom stereocenters. The Morgan fingerprint density at radius 3 is 2.41 bits per heavy atom. The van der Waals surface area contributed by atoms with E-state index in [1.165, 1.54) is 25.7 Å². The summed E-state index contributed by atoms with van der Waals surface area (Å²) in [4.78, 5) is 2.40. The molecule has 1 fully saturated rings. The van der Waals surface area contributed by atoms with Crippen LogP contribution in [0.5, 0.6) is 0 Å². The highest BCUT2D eigenvalue weighted by Crippen LogP contribution is 2.38. The monoisotopic (exact) mass is 242 g/mol. The zero-order valence-electron chi connectivity index (χ0n) is 11.8. The molecular formula is C14H30N2O. The smallest absolute Gasteiger partial charge is 0.0558 e. The van der Waals surface area contributed by atoms with Crippen molar-refractivity contribution in [3.63, 3.8) is 0 Å². The number of hydrogen-bond acceptors (Lipinski definition) is 3. The van der Waals surface area contributed by atoms with Crippen molar-refractivity contribution in [2.75, 3.05) is 32.8 Å². The first kappa shape index (κ1) is 14.9. The molecule has 17 heavy (non-hydrogen) atoms. The third-order valence-electron chi connectivity index (χ3n) is 3.97. The fourth-order valence-corrected chi connectivity index (χ4v) is 2.90. The van der Waals surface area contributed by atoms with Gasteiger partial charge in [-0.15, -0.1) is 0 Å². The Morgan fingerprint density at radius 2 is 1.94 bits per heavy atom. The number of aliphatic hydroxyl groups is 1. The van der Waals surface area contributed by atoms with Gasteiger partial charge in [0.05, 0.1) is 6.61 Å². The number of hydrogen-bond donors (Lipinski definition) is 2. The first-order valence-corrected chi connectivity index (χ1v) is 7.18. The van der Waals surface area contributed by atoms with Crippen LogP contribution in [0.25, 0.3) is 0 Å². The summed E-state index contributed by atoms with van der Waals surface area (Å²) in [5.74, 6) is 0. The van der Waals surface area contributed by atoms with Crippen molar-refractivity contribution < 1.29 is 5.11 Å². The Hall–Kier alpha value is -0.120. The summed E-state index contributed by atoms with van der Waals surface area (Å²) in [5.41, 5.74) is 0.454. The standard InChI is InChI=1S/C14H30N2O/c1-4-16(9-10-17)12-14(7-5-6-8-14)11-15-13(2)3/h13,15,17H,4-12H2,1-3H3. The molecule has 0 aromatic rings. The molecule has 0 radical (unpaired) electrons. The van der Waals surface area contributed by atoms with E-state index in [2.05, 4.69) is 31.0 Å². The lowest BCUT2D eigenvalue weighted by Gasteiger charge is -2.35. The van der Waals surface area contributed by atoms with Gasteiger partial charge < -0.3 is 15.3 Å². The van der Waals surface area contributed by atoms with Crippen molar-refractivity contribution in [3.8, 4) is 0 Å². The van der Waals surface area contributed by atoms with Crippen LogP contribution in [-0.2, 0) is 0 Å². The molecule has 1 saturated carbocycles. The summed E-state index contributed by atoms with van der Waals surface area (Å²) in [6.07, 6.45) is 5.43. The van der Waals surface area contributed by atoms with E-state index < -0.39 is 0 Å².